The molecule has 1 fully saturated rings. The van der Waals surface area contributed by atoms with Crippen LogP contribution in [0.4, 0.5) is 10.1 Å². The van der Waals surface area contributed by atoms with Crippen LogP contribution in [0.3, 0.4) is 0 Å². The van der Waals surface area contributed by atoms with Crippen molar-refractivity contribution in [1.29, 1.82) is 0 Å². The van der Waals surface area contributed by atoms with E-state index in [0.29, 0.717) is 6.42 Å². The largest absolute Gasteiger partial charge is 0.467 e. The number of hydrogen-bond donors (Lipinski definition) is 2. The minimum absolute atomic E-state index is 0.0106. The van der Waals surface area contributed by atoms with Crippen LogP contribution in [0.1, 0.15) is 36.2 Å². The second-order valence-corrected chi connectivity index (χ2v) is 5.62. The van der Waals surface area contributed by atoms with Gasteiger partial charge in [-0.25, -0.2) is 4.39 Å². The molecule has 2 aromatic rings. The zero-order valence-electron chi connectivity index (χ0n) is 11.3. The second kappa shape index (κ2) is 4.62. The number of furan rings is 1. The molecule has 0 saturated carbocycles. The van der Waals surface area contributed by atoms with E-state index >= 15 is 0 Å². The lowest BCUT2D eigenvalue weighted by Gasteiger charge is -2.42. The lowest BCUT2D eigenvalue weighted by Crippen LogP contribution is -2.45. The van der Waals surface area contributed by atoms with Crippen LogP contribution in [-0.4, -0.2) is 5.91 Å². The Kier molecular flexibility index (Phi) is 2.74. The highest BCUT2D eigenvalue weighted by molar-refractivity contribution is 5.78. The van der Waals surface area contributed by atoms with E-state index in [9.17, 15) is 9.18 Å². The summed E-state index contributed by atoms with van der Waals surface area (Å²) in [5.41, 5.74) is 1.66. The molecule has 3 atom stereocenters. The summed E-state index contributed by atoms with van der Waals surface area (Å²) in [5.74, 6) is 0.733. The highest BCUT2D eigenvalue weighted by Gasteiger charge is 2.41. The van der Waals surface area contributed by atoms with Gasteiger partial charge in [-0.2, -0.15) is 0 Å². The van der Waals surface area contributed by atoms with Gasteiger partial charge in [0, 0.05) is 23.6 Å². The first-order valence-electron chi connectivity index (χ1n) is 7.11. The number of halogens is 1. The van der Waals surface area contributed by atoms with Gasteiger partial charge in [0.15, 0.2) is 0 Å². The first kappa shape index (κ1) is 12.4. The number of carbonyl (C=O) groups is 1. The Hall–Kier alpha value is -2.30. The van der Waals surface area contributed by atoms with E-state index in [1.165, 1.54) is 12.1 Å². The molecule has 0 spiro atoms. The highest BCUT2D eigenvalue weighted by Crippen LogP contribution is 2.47. The Morgan fingerprint density at radius 3 is 2.90 bits per heavy atom. The topological polar surface area (TPSA) is 54.3 Å². The number of anilines is 1. The van der Waals surface area contributed by atoms with Crippen molar-refractivity contribution in [2.24, 2.45) is 5.92 Å². The van der Waals surface area contributed by atoms with Gasteiger partial charge in [0.2, 0.25) is 5.91 Å². The van der Waals surface area contributed by atoms with Crippen LogP contribution in [0, 0.1) is 11.7 Å². The zero-order chi connectivity index (χ0) is 14.4. The van der Waals surface area contributed by atoms with Crippen molar-refractivity contribution >= 4 is 11.6 Å². The summed E-state index contributed by atoms with van der Waals surface area (Å²) < 4.78 is 19.1. The number of rotatable bonds is 1. The van der Waals surface area contributed by atoms with Gasteiger partial charge in [-0.05, 0) is 36.8 Å². The third-order valence-corrected chi connectivity index (χ3v) is 4.39. The van der Waals surface area contributed by atoms with Crippen molar-refractivity contribution in [2.75, 3.05) is 5.32 Å². The molecule has 1 amide bonds. The molecule has 108 valence electrons. The SMILES string of the molecule is O=C1CC[C@H]2[C@@H](c3ccco3)Nc3ccc(F)cc3[C@H]2N1. The Morgan fingerprint density at radius 2 is 2.10 bits per heavy atom. The average molecular weight is 286 g/mol. The van der Waals surface area contributed by atoms with Crippen LogP contribution in [0.5, 0.6) is 0 Å². The molecule has 2 aliphatic rings. The predicted octanol–water partition coefficient (Wildman–Crippen LogP) is 3.15. The lowest BCUT2D eigenvalue weighted by molar-refractivity contribution is -0.124. The maximum atomic E-state index is 13.6. The number of fused-ring (bicyclic) bond motifs is 3. The summed E-state index contributed by atoms with van der Waals surface area (Å²) in [6.07, 6.45) is 2.89. The molecule has 21 heavy (non-hydrogen) atoms. The molecular formula is C16H15FN2O2. The van der Waals surface area contributed by atoms with E-state index in [-0.39, 0.29) is 29.7 Å². The minimum Gasteiger partial charge on any atom is -0.467 e. The number of amides is 1. The minimum atomic E-state index is -0.287. The normalized spacial score (nSPS) is 27.3. The molecule has 4 rings (SSSR count). The summed E-state index contributed by atoms with van der Waals surface area (Å²) >= 11 is 0. The van der Waals surface area contributed by atoms with Crippen LogP contribution >= 0.6 is 0 Å². The second-order valence-electron chi connectivity index (χ2n) is 5.62. The van der Waals surface area contributed by atoms with Gasteiger partial charge in [-0.15, -0.1) is 0 Å². The highest BCUT2D eigenvalue weighted by atomic mass is 19.1. The molecule has 1 aromatic carbocycles. The van der Waals surface area contributed by atoms with Gasteiger partial charge in [-0.1, -0.05) is 0 Å². The first-order chi connectivity index (χ1) is 10.2. The molecule has 3 heterocycles. The van der Waals surface area contributed by atoms with E-state index in [4.69, 9.17) is 4.42 Å². The van der Waals surface area contributed by atoms with E-state index in [1.807, 2.05) is 12.1 Å². The first-order valence-corrected chi connectivity index (χ1v) is 7.11. The molecule has 0 radical (unpaired) electrons. The maximum absolute atomic E-state index is 13.6. The van der Waals surface area contributed by atoms with Crippen LogP contribution in [0.2, 0.25) is 0 Å². The Morgan fingerprint density at radius 1 is 1.19 bits per heavy atom. The van der Waals surface area contributed by atoms with Crippen LogP contribution in [0.15, 0.2) is 41.0 Å². The summed E-state index contributed by atoms with van der Waals surface area (Å²) in [7, 11) is 0. The average Bonchev–Trinajstić information content (AvgIpc) is 3.00. The molecule has 0 unspecified atom stereocenters. The summed E-state index contributed by atoms with van der Waals surface area (Å²) in [6, 6.07) is 8.25. The number of hydrogen-bond acceptors (Lipinski definition) is 3. The van der Waals surface area contributed by atoms with E-state index in [1.54, 1.807) is 12.3 Å². The molecular weight excluding hydrogens is 271 g/mol. The fraction of sp³-hybridized carbons (Fsp3) is 0.312. The van der Waals surface area contributed by atoms with Crippen molar-refractivity contribution in [2.45, 2.75) is 24.9 Å². The summed E-state index contributed by atoms with van der Waals surface area (Å²) in [6.45, 7) is 0. The van der Waals surface area contributed by atoms with E-state index in [0.717, 1.165) is 23.4 Å². The van der Waals surface area contributed by atoms with Crippen molar-refractivity contribution < 1.29 is 13.6 Å². The summed E-state index contributed by atoms with van der Waals surface area (Å²) in [5, 5.41) is 6.44. The third kappa shape index (κ3) is 2.00. The number of piperidine rings is 1. The molecule has 2 aliphatic heterocycles. The standard InChI is InChI=1S/C16H15FN2O2/c17-9-3-5-12-11(8-9)15-10(4-6-14(20)19-15)16(18-12)13-2-1-7-21-13/h1-3,5,7-8,10,15-16,18H,4,6H2,(H,19,20)/t10-,15+,16+/m1/s1. The van der Waals surface area contributed by atoms with Crippen molar-refractivity contribution in [3.8, 4) is 0 Å². The Bertz CT molecular complexity index is 684. The predicted molar refractivity (Wildman–Crippen MR) is 75.1 cm³/mol. The molecule has 5 heteroatoms. The van der Waals surface area contributed by atoms with Gasteiger partial charge in [0.05, 0.1) is 18.3 Å². The number of carbonyl (C=O) groups excluding carboxylic acids is 1. The molecule has 4 nitrogen and oxygen atoms in total. The van der Waals surface area contributed by atoms with Crippen LogP contribution in [0.25, 0.3) is 0 Å². The smallest absolute Gasteiger partial charge is 0.220 e. The molecule has 0 bridgehead atoms. The van der Waals surface area contributed by atoms with E-state index < -0.39 is 0 Å². The van der Waals surface area contributed by atoms with Crippen molar-refractivity contribution in [3.63, 3.8) is 0 Å². The summed E-state index contributed by atoms with van der Waals surface area (Å²) in [4.78, 5) is 11.8. The lowest BCUT2D eigenvalue weighted by atomic mass is 9.76. The van der Waals surface area contributed by atoms with Crippen LogP contribution in [-0.2, 0) is 4.79 Å². The number of nitrogens with one attached hydrogen (secondary N) is 2. The van der Waals surface area contributed by atoms with Gasteiger partial charge in [-0.3, -0.25) is 4.79 Å². The third-order valence-electron chi connectivity index (χ3n) is 4.39. The van der Waals surface area contributed by atoms with Gasteiger partial charge < -0.3 is 15.1 Å². The molecule has 1 aromatic heterocycles. The molecule has 1 saturated heterocycles. The molecule has 2 N–H and O–H groups in total. The van der Waals surface area contributed by atoms with Gasteiger partial charge >= 0.3 is 0 Å². The van der Waals surface area contributed by atoms with Gasteiger partial charge in [0.25, 0.3) is 0 Å². The van der Waals surface area contributed by atoms with Crippen molar-refractivity contribution in [3.05, 3.63) is 53.7 Å². The van der Waals surface area contributed by atoms with Crippen LogP contribution < -0.4 is 10.6 Å². The fourth-order valence-electron chi connectivity index (χ4n) is 3.43. The Labute approximate surface area is 121 Å². The Balaban J connectivity index is 1.81. The fourth-order valence-corrected chi connectivity index (χ4v) is 3.43. The number of benzene rings is 1. The van der Waals surface area contributed by atoms with E-state index in [2.05, 4.69) is 10.6 Å². The monoisotopic (exact) mass is 286 g/mol. The quantitative estimate of drug-likeness (QED) is 0.846. The van der Waals surface area contributed by atoms with Gasteiger partial charge in [0.1, 0.15) is 11.6 Å². The van der Waals surface area contributed by atoms with Crippen molar-refractivity contribution in [1.82, 2.24) is 5.32 Å². The zero-order valence-corrected chi connectivity index (χ0v) is 11.3. The molecule has 0 aliphatic carbocycles. The maximum Gasteiger partial charge on any atom is 0.220 e.